The molecule has 4 heteroatoms. The second-order valence-electron chi connectivity index (χ2n) is 5.29. The summed E-state index contributed by atoms with van der Waals surface area (Å²) in [5.74, 6) is 1.52. The molecule has 0 atom stereocenters. The van der Waals surface area contributed by atoms with Gasteiger partial charge in [0.1, 0.15) is 0 Å². The van der Waals surface area contributed by atoms with Crippen LogP contribution in [0.5, 0.6) is 0 Å². The first kappa shape index (κ1) is 17.3. The van der Waals surface area contributed by atoms with Crippen LogP contribution in [0.1, 0.15) is 34.8 Å². The lowest BCUT2D eigenvalue weighted by molar-refractivity contribution is -0.118. The number of terminal acetylenes is 1. The number of benzene rings is 2. The third-order valence-electron chi connectivity index (χ3n) is 3.80. The quantitative estimate of drug-likeness (QED) is 0.830. The molecule has 2 rings (SSSR count). The van der Waals surface area contributed by atoms with E-state index in [0.29, 0.717) is 18.5 Å². The number of carboxylic acid groups (broad SMARTS) is 1. The Morgan fingerprint density at radius 2 is 1.92 bits per heavy atom. The molecule has 0 saturated heterocycles. The molecule has 4 nitrogen and oxygen atoms in total. The van der Waals surface area contributed by atoms with Crippen molar-refractivity contribution in [3.8, 4) is 12.3 Å². The molecule has 0 bridgehead atoms. The number of carboxylic acids is 1. The topological polar surface area (TPSA) is 57.6 Å². The standard InChI is InChI=1S/C20H19NO3/c1-3-15-8-7-10-17(14-15)21(4-2)19(22)13-12-16-9-5-6-11-18(16)20(23)24/h1,5-11,14H,4,12-13H2,2H3,(H,23,24). The monoisotopic (exact) mass is 321 g/mol. The van der Waals surface area contributed by atoms with Crippen LogP contribution in [-0.2, 0) is 11.2 Å². The van der Waals surface area contributed by atoms with Gasteiger partial charge in [0.25, 0.3) is 0 Å². The number of aromatic carboxylic acids is 1. The van der Waals surface area contributed by atoms with Crippen molar-refractivity contribution in [2.45, 2.75) is 19.8 Å². The Labute approximate surface area is 141 Å². The molecule has 0 spiro atoms. The van der Waals surface area contributed by atoms with Crippen LogP contribution in [0.15, 0.2) is 48.5 Å². The lowest BCUT2D eigenvalue weighted by Crippen LogP contribution is -2.30. The fraction of sp³-hybridized carbons (Fsp3) is 0.200. The highest BCUT2D eigenvalue weighted by atomic mass is 16.4. The van der Waals surface area contributed by atoms with Gasteiger partial charge in [-0.15, -0.1) is 6.42 Å². The Morgan fingerprint density at radius 1 is 1.17 bits per heavy atom. The summed E-state index contributed by atoms with van der Waals surface area (Å²) in [7, 11) is 0. The van der Waals surface area contributed by atoms with Crippen molar-refractivity contribution in [3.05, 3.63) is 65.2 Å². The van der Waals surface area contributed by atoms with E-state index in [9.17, 15) is 14.7 Å². The molecule has 0 aromatic heterocycles. The van der Waals surface area contributed by atoms with Gasteiger partial charge < -0.3 is 10.0 Å². The fourth-order valence-corrected chi connectivity index (χ4v) is 2.59. The summed E-state index contributed by atoms with van der Waals surface area (Å²) in [6.45, 7) is 2.42. The Hall–Kier alpha value is -3.06. The molecule has 0 unspecified atom stereocenters. The lowest BCUT2D eigenvalue weighted by Gasteiger charge is -2.21. The molecule has 1 amide bonds. The van der Waals surface area contributed by atoms with Gasteiger partial charge in [-0.1, -0.05) is 30.2 Å². The normalized spacial score (nSPS) is 10.0. The smallest absolute Gasteiger partial charge is 0.335 e. The van der Waals surface area contributed by atoms with E-state index >= 15 is 0 Å². The molecule has 0 aliphatic carbocycles. The number of hydrogen-bond acceptors (Lipinski definition) is 2. The van der Waals surface area contributed by atoms with Crippen LogP contribution in [0, 0.1) is 12.3 Å². The van der Waals surface area contributed by atoms with Crippen LogP contribution in [-0.4, -0.2) is 23.5 Å². The summed E-state index contributed by atoms with van der Waals surface area (Å²) in [5.41, 5.74) is 2.37. The van der Waals surface area contributed by atoms with E-state index in [2.05, 4.69) is 5.92 Å². The fourth-order valence-electron chi connectivity index (χ4n) is 2.59. The van der Waals surface area contributed by atoms with Crippen molar-refractivity contribution in [1.82, 2.24) is 0 Å². The molecule has 0 radical (unpaired) electrons. The highest BCUT2D eigenvalue weighted by Crippen LogP contribution is 2.18. The number of carbonyl (C=O) groups excluding carboxylic acids is 1. The van der Waals surface area contributed by atoms with Gasteiger partial charge in [0.05, 0.1) is 5.56 Å². The second-order valence-corrected chi connectivity index (χ2v) is 5.29. The number of anilines is 1. The predicted molar refractivity (Wildman–Crippen MR) is 94.1 cm³/mol. The molecule has 2 aromatic rings. The minimum absolute atomic E-state index is 0.0631. The van der Waals surface area contributed by atoms with Crippen molar-refractivity contribution in [3.63, 3.8) is 0 Å². The van der Waals surface area contributed by atoms with Gasteiger partial charge >= 0.3 is 5.97 Å². The Bertz CT molecular complexity index is 789. The third kappa shape index (κ3) is 4.02. The summed E-state index contributed by atoms with van der Waals surface area (Å²) in [4.78, 5) is 25.4. The van der Waals surface area contributed by atoms with Gasteiger partial charge in [0.2, 0.25) is 5.91 Å². The van der Waals surface area contributed by atoms with E-state index in [-0.39, 0.29) is 17.9 Å². The maximum atomic E-state index is 12.6. The predicted octanol–water partition coefficient (Wildman–Crippen LogP) is 3.35. The molecule has 122 valence electrons. The van der Waals surface area contributed by atoms with Crippen LogP contribution >= 0.6 is 0 Å². The zero-order valence-corrected chi connectivity index (χ0v) is 13.5. The molecule has 0 fully saturated rings. The van der Waals surface area contributed by atoms with Crippen LogP contribution in [0.3, 0.4) is 0 Å². The Balaban J connectivity index is 2.13. The van der Waals surface area contributed by atoms with Gasteiger partial charge in [0, 0.05) is 24.2 Å². The van der Waals surface area contributed by atoms with E-state index in [1.54, 1.807) is 35.2 Å². The molecule has 2 aromatic carbocycles. The highest BCUT2D eigenvalue weighted by Gasteiger charge is 2.16. The molecule has 24 heavy (non-hydrogen) atoms. The van der Waals surface area contributed by atoms with E-state index in [1.165, 1.54) is 0 Å². The summed E-state index contributed by atoms with van der Waals surface area (Å²) in [6.07, 6.45) is 6.02. The average molecular weight is 321 g/mol. The first-order valence-electron chi connectivity index (χ1n) is 7.75. The minimum atomic E-state index is -0.980. The third-order valence-corrected chi connectivity index (χ3v) is 3.80. The lowest BCUT2D eigenvalue weighted by atomic mass is 10.0. The second kappa shape index (κ2) is 7.98. The van der Waals surface area contributed by atoms with Crippen LogP contribution in [0.4, 0.5) is 5.69 Å². The molecule has 0 aliphatic rings. The Kier molecular flexibility index (Phi) is 5.75. The van der Waals surface area contributed by atoms with Crippen LogP contribution in [0.2, 0.25) is 0 Å². The van der Waals surface area contributed by atoms with Crippen LogP contribution in [0.25, 0.3) is 0 Å². The number of carbonyl (C=O) groups is 2. The maximum absolute atomic E-state index is 12.6. The number of hydrogen-bond donors (Lipinski definition) is 1. The van der Waals surface area contributed by atoms with Crippen molar-refractivity contribution < 1.29 is 14.7 Å². The molecular weight excluding hydrogens is 302 g/mol. The number of rotatable bonds is 6. The number of aryl methyl sites for hydroxylation is 1. The largest absolute Gasteiger partial charge is 0.478 e. The summed E-state index contributed by atoms with van der Waals surface area (Å²) in [6, 6.07) is 14.0. The van der Waals surface area contributed by atoms with Crippen molar-refractivity contribution in [1.29, 1.82) is 0 Å². The minimum Gasteiger partial charge on any atom is -0.478 e. The summed E-state index contributed by atoms with van der Waals surface area (Å²) in [5, 5.41) is 9.21. The van der Waals surface area contributed by atoms with E-state index in [1.807, 2.05) is 25.1 Å². The maximum Gasteiger partial charge on any atom is 0.335 e. The van der Waals surface area contributed by atoms with Crippen LogP contribution < -0.4 is 4.90 Å². The Morgan fingerprint density at radius 3 is 2.58 bits per heavy atom. The van der Waals surface area contributed by atoms with E-state index < -0.39 is 5.97 Å². The van der Waals surface area contributed by atoms with Gasteiger partial charge in [-0.05, 0) is 43.2 Å². The van der Waals surface area contributed by atoms with Crippen molar-refractivity contribution in [2.75, 3.05) is 11.4 Å². The zero-order chi connectivity index (χ0) is 17.5. The van der Waals surface area contributed by atoms with E-state index in [4.69, 9.17) is 6.42 Å². The molecular formula is C20H19NO3. The summed E-state index contributed by atoms with van der Waals surface area (Å²) < 4.78 is 0. The van der Waals surface area contributed by atoms with Crippen molar-refractivity contribution >= 4 is 17.6 Å². The summed E-state index contributed by atoms with van der Waals surface area (Å²) >= 11 is 0. The van der Waals surface area contributed by atoms with Gasteiger partial charge in [-0.3, -0.25) is 4.79 Å². The molecule has 0 aliphatic heterocycles. The average Bonchev–Trinajstić information content (AvgIpc) is 2.61. The number of amides is 1. The van der Waals surface area contributed by atoms with E-state index in [0.717, 1.165) is 11.3 Å². The number of nitrogens with zero attached hydrogens (tertiary/aromatic N) is 1. The van der Waals surface area contributed by atoms with Crippen molar-refractivity contribution in [2.24, 2.45) is 0 Å². The molecule has 0 saturated carbocycles. The highest BCUT2D eigenvalue weighted by molar-refractivity contribution is 5.94. The SMILES string of the molecule is C#Cc1cccc(N(CC)C(=O)CCc2ccccc2C(=O)O)c1. The first-order chi connectivity index (χ1) is 11.6. The van der Waals surface area contributed by atoms with Gasteiger partial charge in [0.15, 0.2) is 0 Å². The van der Waals surface area contributed by atoms with Gasteiger partial charge in [-0.25, -0.2) is 4.79 Å². The first-order valence-corrected chi connectivity index (χ1v) is 7.75. The molecule has 0 heterocycles. The van der Waals surface area contributed by atoms with Gasteiger partial charge in [-0.2, -0.15) is 0 Å². The zero-order valence-electron chi connectivity index (χ0n) is 13.5. The molecule has 1 N–H and O–H groups in total.